The minimum atomic E-state index is -0.514. The van der Waals surface area contributed by atoms with E-state index < -0.39 is 11.7 Å². The Morgan fingerprint density at radius 2 is 1.78 bits per heavy atom. The summed E-state index contributed by atoms with van der Waals surface area (Å²) in [4.78, 5) is 17.0. The molecule has 0 saturated carbocycles. The van der Waals surface area contributed by atoms with Gasteiger partial charge >= 0.3 is 0 Å². The van der Waals surface area contributed by atoms with E-state index in [4.69, 9.17) is 9.72 Å². The lowest BCUT2D eigenvalue weighted by molar-refractivity contribution is 0.0949. The fraction of sp³-hybridized carbons (Fsp3) is 0.231. The number of halogens is 1. The third kappa shape index (κ3) is 5.14. The van der Waals surface area contributed by atoms with Gasteiger partial charge in [-0.2, -0.15) is 0 Å². The molecule has 0 spiro atoms. The first-order chi connectivity index (χ1) is 15.6. The normalized spacial score (nSPS) is 10.9. The van der Waals surface area contributed by atoms with Gasteiger partial charge < -0.3 is 14.6 Å². The Morgan fingerprint density at radius 1 is 1.03 bits per heavy atom. The molecule has 0 aliphatic heterocycles. The number of ether oxygens (including phenoxy) is 1. The topological polar surface area (TPSA) is 56.1 Å². The highest BCUT2D eigenvalue weighted by Crippen LogP contribution is 2.18. The zero-order valence-electron chi connectivity index (χ0n) is 18.1. The SMILES string of the molecule is Cc1ccc(OCCn2c(CCCNC(=O)c3ccccc3F)nc3ccccc32)cc1. The van der Waals surface area contributed by atoms with Gasteiger partial charge in [0, 0.05) is 13.0 Å². The number of imidazole rings is 1. The molecule has 0 aliphatic rings. The number of hydrogen-bond donors (Lipinski definition) is 1. The molecule has 4 rings (SSSR count). The van der Waals surface area contributed by atoms with Gasteiger partial charge in [0.05, 0.1) is 23.1 Å². The Balaban J connectivity index is 1.37. The van der Waals surface area contributed by atoms with Crippen molar-refractivity contribution in [3.63, 3.8) is 0 Å². The molecule has 32 heavy (non-hydrogen) atoms. The number of para-hydroxylation sites is 2. The van der Waals surface area contributed by atoms with Crippen molar-refractivity contribution in [2.45, 2.75) is 26.3 Å². The van der Waals surface area contributed by atoms with E-state index in [0.717, 1.165) is 22.6 Å². The number of hydrogen-bond acceptors (Lipinski definition) is 3. The second-order valence-electron chi connectivity index (χ2n) is 7.67. The van der Waals surface area contributed by atoms with Crippen molar-refractivity contribution in [1.82, 2.24) is 14.9 Å². The standard InChI is InChI=1S/C26H26FN3O2/c1-19-12-14-20(15-13-19)32-18-17-30-24-10-5-4-9-23(24)29-25(30)11-6-16-28-26(31)21-7-2-3-8-22(21)27/h2-5,7-10,12-15H,6,11,16-18H2,1H3,(H,28,31). The van der Waals surface area contributed by atoms with Crippen LogP contribution in [-0.4, -0.2) is 28.6 Å². The van der Waals surface area contributed by atoms with Crippen LogP contribution >= 0.6 is 0 Å². The maximum absolute atomic E-state index is 13.8. The zero-order chi connectivity index (χ0) is 22.3. The van der Waals surface area contributed by atoms with Crippen molar-refractivity contribution in [2.24, 2.45) is 0 Å². The highest BCUT2D eigenvalue weighted by molar-refractivity contribution is 5.94. The van der Waals surface area contributed by atoms with E-state index in [1.807, 2.05) is 49.4 Å². The van der Waals surface area contributed by atoms with Crippen LogP contribution in [0.1, 0.15) is 28.2 Å². The first kappa shape index (κ1) is 21.6. The Bertz CT molecular complexity index is 1200. The summed E-state index contributed by atoms with van der Waals surface area (Å²) in [5.74, 6) is 0.875. The minimum Gasteiger partial charge on any atom is -0.492 e. The summed E-state index contributed by atoms with van der Waals surface area (Å²) in [5.41, 5.74) is 3.26. The van der Waals surface area contributed by atoms with E-state index in [2.05, 4.69) is 16.0 Å². The third-order valence-electron chi connectivity index (χ3n) is 5.32. The van der Waals surface area contributed by atoms with Gasteiger partial charge in [0.25, 0.3) is 5.91 Å². The lowest BCUT2D eigenvalue weighted by Gasteiger charge is -2.11. The van der Waals surface area contributed by atoms with Crippen LogP contribution in [0.15, 0.2) is 72.8 Å². The van der Waals surface area contributed by atoms with E-state index in [0.29, 0.717) is 32.5 Å². The van der Waals surface area contributed by atoms with Gasteiger partial charge in [0.15, 0.2) is 0 Å². The number of amides is 1. The maximum Gasteiger partial charge on any atom is 0.254 e. The third-order valence-corrected chi connectivity index (χ3v) is 5.32. The average molecular weight is 432 g/mol. The maximum atomic E-state index is 13.8. The number of fused-ring (bicyclic) bond motifs is 1. The predicted octanol–water partition coefficient (Wildman–Crippen LogP) is 4.93. The molecule has 5 nitrogen and oxygen atoms in total. The number of aromatic nitrogens is 2. The molecular formula is C26H26FN3O2. The van der Waals surface area contributed by atoms with Crippen LogP contribution in [0.4, 0.5) is 4.39 Å². The molecule has 4 aromatic rings. The van der Waals surface area contributed by atoms with Gasteiger partial charge in [-0.1, -0.05) is 42.0 Å². The lowest BCUT2D eigenvalue weighted by atomic mass is 10.2. The molecule has 6 heteroatoms. The van der Waals surface area contributed by atoms with Crippen LogP contribution < -0.4 is 10.1 Å². The van der Waals surface area contributed by atoms with Crippen molar-refractivity contribution >= 4 is 16.9 Å². The van der Waals surface area contributed by atoms with Crippen molar-refractivity contribution < 1.29 is 13.9 Å². The van der Waals surface area contributed by atoms with Gasteiger partial charge in [-0.25, -0.2) is 9.37 Å². The molecule has 0 radical (unpaired) electrons. The number of carbonyl (C=O) groups excluding carboxylic acids is 1. The van der Waals surface area contributed by atoms with Gasteiger partial charge in [-0.3, -0.25) is 4.79 Å². The van der Waals surface area contributed by atoms with Gasteiger partial charge in [0.1, 0.15) is 24.0 Å². The number of nitrogens with zero attached hydrogens (tertiary/aromatic N) is 2. The fourth-order valence-corrected chi connectivity index (χ4v) is 3.64. The minimum absolute atomic E-state index is 0.0630. The van der Waals surface area contributed by atoms with Gasteiger partial charge in [0.2, 0.25) is 0 Å². The molecule has 1 heterocycles. The van der Waals surface area contributed by atoms with Crippen molar-refractivity contribution in [3.8, 4) is 5.75 Å². The molecule has 3 aromatic carbocycles. The largest absolute Gasteiger partial charge is 0.492 e. The monoisotopic (exact) mass is 431 g/mol. The fourth-order valence-electron chi connectivity index (χ4n) is 3.64. The molecular weight excluding hydrogens is 405 g/mol. The molecule has 164 valence electrons. The molecule has 1 amide bonds. The Kier molecular flexibility index (Phi) is 6.80. The van der Waals surface area contributed by atoms with Gasteiger partial charge in [-0.15, -0.1) is 0 Å². The van der Waals surface area contributed by atoms with Crippen molar-refractivity contribution in [1.29, 1.82) is 0 Å². The summed E-state index contributed by atoms with van der Waals surface area (Å²) in [6.07, 6.45) is 1.39. The summed E-state index contributed by atoms with van der Waals surface area (Å²) >= 11 is 0. The second kappa shape index (κ2) is 10.1. The number of rotatable bonds is 9. The molecule has 1 N–H and O–H groups in total. The van der Waals surface area contributed by atoms with Crippen LogP contribution in [0.3, 0.4) is 0 Å². The Labute approximate surface area is 186 Å². The summed E-state index contributed by atoms with van der Waals surface area (Å²) in [6, 6.07) is 22.0. The van der Waals surface area contributed by atoms with Crippen LogP contribution in [0.2, 0.25) is 0 Å². The Morgan fingerprint density at radius 3 is 2.59 bits per heavy atom. The first-order valence-electron chi connectivity index (χ1n) is 10.8. The highest BCUT2D eigenvalue weighted by atomic mass is 19.1. The van der Waals surface area contributed by atoms with Crippen LogP contribution in [-0.2, 0) is 13.0 Å². The molecule has 1 aromatic heterocycles. The lowest BCUT2D eigenvalue weighted by Crippen LogP contribution is -2.26. The second-order valence-corrected chi connectivity index (χ2v) is 7.67. The van der Waals surface area contributed by atoms with Gasteiger partial charge in [-0.05, 0) is 49.7 Å². The summed E-state index contributed by atoms with van der Waals surface area (Å²) < 4.78 is 21.8. The van der Waals surface area contributed by atoms with Crippen molar-refractivity contribution in [2.75, 3.05) is 13.2 Å². The molecule has 0 aliphatic carbocycles. The van der Waals surface area contributed by atoms with E-state index in [-0.39, 0.29) is 5.56 Å². The van der Waals surface area contributed by atoms with Crippen LogP contribution in [0.5, 0.6) is 5.75 Å². The summed E-state index contributed by atoms with van der Waals surface area (Å²) in [7, 11) is 0. The van der Waals surface area contributed by atoms with E-state index in [1.165, 1.54) is 17.7 Å². The molecule has 0 fully saturated rings. The highest BCUT2D eigenvalue weighted by Gasteiger charge is 2.12. The molecule has 0 atom stereocenters. The number of carbonyl (C=O) groups is 1. The quantitative estimate of drug-likeness (QED) is 0.383. The van der Waals surface area contributed by atoms with Crippen LogP contribution in [0, 0.1) is 12.7 Å². The zero-order valence-corrected chi connectivity index (χ0v) is 18.1. The smallest absolute Gasteiger partial charge is 0.254 e. The van der Waals surface area contributed by atoms with E-state index >= 15 is 0 Å². The average Bonchev–Trinajstić information content (AvgIpc) is 3.15. The predicted molar refractivity (Wildman–Crippen MR) is 123 cm³/mol. The first-order valence-corrected chi connectivity index (χ1v) is 10.8. The number of nitrogens with one attached hydrogen (secondary N) is 1. The summed E-state index contributed by atoms with van der Waals surface area (Å²) in [5, 5.41) is 2.79. The number of aryl methyl sites for hydroxylation is 2. The van der Waals surface area contributed by atoms with Crippen molar-refractivity contribution in [3.05, 3.63) is 95.6 Å². The molecule has 0 unspecified atom stereocenters. The number of benzene rings is 3. The van der Waals surface area contributed by atoms with Crippen LogP contribution in [0.25, 0.3) is 11.0 Å². The van der Waals surface area contributed by atoms with E-state index in [9.17, 15) is 9.18 Å². The molecule has 0 bridgehead atoms. The van der Waals surface area contributed by atoms with E-state index in [1.54, 1.807) is 12.1 Å². The Hall–Kier alpha value is -3.67. The summed E-state index contributed by atoms with van der Waals surface area (Å²) in [6.45, 7) is 3.69. The molecule has 0 saturated heterocycles.